The number of rotatable bonds is 5. The van der Waals surface area contributed by atoms with E-state index in [0.29, 0.717) is 23.8 Å². The lowest BCUT2D eigenvalue weighted by Gasteiger charge is -2.30. The molecule has 1 fully saturated rings. The molecule has 0 aromatic heterocycles. The number of nitrogens with one attached hydrogen (secondary N) is 1. The maximum Gasteiger partial charge on any atom is 0.241 e. The zero-order valence-corrected chi connectivity index (χ0v) is 11.3. The second kappa shape index (κ2) is 5.67. The minimum atomic E-state index is 0.0396. The van der Waals surface area contributed by atoms with E-state index in [4.69, 9.17) is 0 Å². The molecule has 1 amide bonds. The number of carbonyl (C=O) groups excluding carboxylic acids is 1. The summed E-state index contributed by atoms with van der Waals surface area (Å²) in [5.74, 6) is 1.27. The van der Waals surface area contributed by atoms with Crippen LogP contribution in [0.4, 0.5) is 0 Å². The van der Waals surface area contributed by atoms with Gasteiger partial charge in [-0.05, 0) is 18.3 Å². The van der Waals surface area contributed by atoms with E-state index in [1.807, 2.05) is 4.90 Å². The van der Waals surface area contributed by atoms with Crippen molar-refractivity contribution in [2.24, 2.45) is 11.8 Å². The van der Waals surface area contributed by atoms with Gasteiger partial charge in [-0.15, -0.1) is 0 Å². The first kappa shape index (κ1) is 13.5. The molecule has 0 radical (unpaired) electrons. The van der Waals surface area contributed by atoms with Crippen molar-refractivity contribution in [3.63, 3.8) is 0 Å². The minimum absolute atomic E-state index is 0.0396. The Hall–Kier alpha value is -0.570. The third kappa shape index (κ3) is 2.57. The van der Waals surface area contributed by atoms with Crippen LogP contribution in [0.15, 0.2) is 0 Å². The van der Waals surface area contributed by atoms with Crippen LogP contribution in [-0.4, -0.2) is 29.6 Å². The Morgan fingerprint density at radius 2 is 1.94 bits per heavy atom. The molecule has 0 spiro atoms. The minimum Gasteiger partial charge on any atom is -0.325 e. The van der Waals surface area contributed by atoms with Crippen LogP contribution >= 0.6 is 0 Å². The molecule has 3 atom stereocenters. The first-order chi connectivity index (χ1) is 7.52. The van der Waals surface area contributed by atoms with Crippen LogP contribution in [0.1, 0.15) is 47.5 Å². The van der Waals surface area contributed by atoms with Crippen molar-refractivity contribution < 1.29 is 4.79 Å². The summed E-state index contributed by atoms with van der Waals surface area (Å²) in [5.41, 5.74) is 0. The van der Waals surface area contributed by atoms with E-state index < -0.39 is 0 Å². The highest BCUT2D eigenvalue weighted by Crippen LogP contribution is 2.22. The van der Waals surface area contributed by atoms with Gasteiger partial charge in [-0.3, -0.25) is 10.1 Å². The molecular formula is C13H26N2O. The standard InChI is InChI=1S/C13H26N2O/c1-6-10(5)12-13(16)15(8-14-12)11(7-2)9(3)4/h9-12,14H,6-8H2,1-5H3. The van der Waals surface area contributed by atoms with Gasteiger partial charge >= 0.3 is 0 Å². The Morgan fingerprint density at radius 1 is 1.31 bits per heavy atom. The van der Waals surface area contributed by atoms with Crippen molar-refractivity contribution in [2.45, 2.75) is 59.5 Å². The quantitative estimate of drug-likeness (QED) is 0.779. The number of nitrogens with zero attached hydrogens (tertiary/aromatic N) is 1. The van der Waals surface area contributed by atoms with Crippen molar-refractivity contribution >= 4 is 5.91 Å². The molecule has 1 aliphatic rings. The topological polar surface area (TPSA) is 32.3 Å². The van der Waals surface area contributed by atoms with E-state index in [1.165, 1.54) is 0 Å². The fraction of sp³-hybridized carbons (Fsp3) is 0.923. The Labute approximate surface area is 99.6 Å². The van der Waals surface area contributed by atoms with E-state index >= 15 is 0 Å². The first-order valence-electron chi connectivity index (χ1n) is 6.56. The van der Waals surface area contributed by atoms with Crippen molar-refractivity contribution in [3.05, 3.63) is 0 Å². The molecular weight excluding hydrogens is 200 g/mol. The summed E-state index contributed by atoms with van der Waals surface area (Å²) in [4.78, 5) is 14.3. The number of hydrogen-bond acceptors (Lipinski definition) is 2. The van der Waals surface area contributed by atoms with Crippen LogP contribution in [0.3, 0.4) is 0 Å². The lowest BCUT2D eigenvalue weighted by Crippen LogP contribution is -2.42. The van der Waals surface area contributed by atoms with E-state index in [2.05, 4.69) is 39.9 Å². The largest absolute Gasteiger partial charge is 0.325 e. The van der Waals surface area contributed by atoms with Crippen LogP contribution in [0.25, 0.3) is 0 Å². The van der Waals surface area contributed by atoms with Crippen LogP contribution in [0.5, 0.6) is 0 Å². The van der Waals surface area contributed by atoms with Gasteiger partial charge in [0, 0.05) is 6.04 Å². The second-order valence-electron chi connectivity index (χ2n) is 5.25. The van der Waals surface area contributed by atoms with E-state index in [0.717, 1.165) is 19.5 Å². The average molecular weight is 226 g/mol. The summed E-state index contributed by atoms with van der Waals surface area (Å²) in [7, 11) is 0. The Morgan fingerprint density at radius 3 is 2.38 bits per heavy atom. The summed E-state index contributed by atoms with van der Waals surface area (Å²) in [6, 6.07) is 0.423. The zero-order chi connectivity index (χ0) is 12.3. The predicted molar refractivity (Wildman–Crippen MR) is 67.0 cm³/mol. The summed E-state index contributed by atoms with van der Waals surface area (Å²) in [6.45, 7) is 11.6. The zero-order valence-electron chi connectivity index (χ0n) is 11.3. The number of carbonyl (C=O) groups is 1. The molecule has 3 nitrogen and oxygen atoms in total. The molecule has 1 aliphatic heterocycles. The highest BCUT2D eigenvalue weighted by Gasteiger charge is 2.37. The van der Waals surface area contributed by atoms with Gasteiger partial charge in [-0.25, -0.2) is 0 Å². The van der Waals surface area contributed by atoms with Gasteiger partial charge in [0.1, 0.15) is 0 Å². The van der Waals surface area contributed by atoms with Gasteiger partial charge in [0.05, 0.1) is 12.7 Å². The molecule has 0 bridgehead atoms. The van der Waals surface area contributed by atoms with Crippen molar-refractivity contribution in [1.82, 2.24) is 10.2 Å². The van der Waals surface area contributed by atoms with E-state index in [-0.39, 0.29) is 6.04 Å². The smallest absolute Gasteiger partial charge is 0.241 e. The molecule has 0 saturated carbocycles. The number of amides is 1. The molecule has 1 saturated heterocycles. The van der Waals surface area contributed by atoms with E-state index in [9.17, 15) is 4.79 Å². The number of hydrogen-bond donors (Lipinski definition) is 1. The molecule has 1 N–H and O–H groups in total. The lowest BCUT2D eigenvalue weighted by atomic mass is 9.97. The van der Waals surface area contributed by atoms with E-state index in [1.54, 1.807) is 0 Å². The Bertz CT molecular complexity index is 240. The van der Waals surface area contributed by atoms with Gasteiger partial charge < -0.3 is 4.90 Å². The molecule has 3 unspecified atom stereocenters. The van der Waals surface area contributed by atoms with Gasteiger partial charge in [0.25, 0.3) is 0 Å². The lowest BCUT2D eigenvalue weighted by molar-refractivity contribution is -0.132. The molecule has 1 rings (SSSR count). The second-order valence-corrected chi connectivity index (χ2v) is 5.25. The monoisotopic (exact) mass is 226 g/mol. The van der Waals surface area contributed by atoms with Crippen LogP contribution in [0.2, 0.25) is 0 Å². The summed E-state index contributed by atoms with van der Waals surface area (Å²) < 4.78 is 0. The van der Waals surface area contributed by atoms with Crippen LogP contribution in [0, 0.1) is 11.8 Å². The molecule has 0 aliphatic carbocycles. The molecule has 16 heavy (non-hydrogen) atoms. The highest BCUT2D eigenvalue weighted by atomic mass is 16.2. The van der Waals surface area contributed by atoms with Crippen molar-refractivity contribution in [3.8, 4) is 0 Å². The molecule has 1 heterocycles. The van der Waals surface area contributed by atoms with Crippen molar-refractivity contribution in [2.75, 3.05) is 6.67 Å². The third-order valence-electron chi connectivity index (χ3n) is 3.83. The summed E-state index contributed by atoms with van der Waals surface area (Å²) in [6.07, 6.45) is 2.09. The molecule has 3 heteroatoms. The molecule has 0 aromatic rings. The SMILES string of the molecule is CCC(C)C1NCN(C(CC)C(C)C)C1=O. The third-order valence-corrected chi connectivity index (χ3v) is 3.83. The van der Waals surface area contributed by atoms with Gasteiger partial charge in [-0.2, -0.15) is 0 Å². The Balaban J connectivity index is 2.69. The maximum atomic E-state index is 12.3. The van der Waals surface area contributed by atoms with Gasteiger partial charge in [0.15, 0.2) is 0 Å². The van der Waals surface area contributed by atoms with Gasteiger partial charge in [0.2, 0.25) is 5.91 Å². The fourth-order valence-corrected chi connectivity index (χ4v) is 2.55. The summed E-state index contributed by atoms with van der Waals surface area (Å²) in [5, 5.41) is 3.35. The molecule has 0 aromatic carbocycles. The van der Waals surface area contributed by atoms with Crippen molar-refractivity contribution in [1.29, 1.82) is 0 Å². The average Bonchev–Trinajstić information content (AvgIpc) is 2.61. The predicted octanol–water partition coefficient (Wildman–Crippen LogP) is 2.23. The van der Waals surface area contributed by atoms with Gasteiger partial charge in [-0.1, -0.05) is 41.0 Å². The molecule has 94 valence electrons. The Kier molecular flexibility index (Phi) is 4.78. The normalized spacial score (nSPS) is 25.2. The van der Waals surface area contributed by atoms with Crippen LogP contribution in [-0.2, 0) is 4.79 Å². The first-order valence-corrected chi connectivity index (χ1v) is 6.56. The fourth-order valence-electron chi connectivity index (χ4n) is 2.55. The van der Waals surface area contributed by atoms with Crippen LogP contribution < -0.4 is 5.32 Å². The highest BCUT2D eigenvalue weighted by molar-refractivity contribution is 5.84. The maximum absolute atomic E-state index is 12.3. The summed E-state index contributed by atoms with van der Waals surface area (Å²) >= 11 is 0.